The zero-order valence-corrected chi connectivity index (χ0v) is 21.5. The van der Waals surface area contributed by atoms with Gasteiger partial charge < -0.3 is 14.8 Å². The van der Waals surface area contributed by atoms with Crippen molar-refractivity contribution < 1.29 is 19.2 Å². The molecule has 0 aliphatic carbocycles. The summed E-state index contributed by atoms with van der Waals surface area (Å²) < 4.78 is 13.2. The monoisotopic (exact) mass is 520 g/mol. The zero-order valence-electron chi connectivity index (χ0n) is 20.7. The van der Waals surface area contributed by atoms with E-state index in [1.54, 1.807) is 6.20 Å². The maximum atomic E-state index is 12.8. The number of ether oxygens (including phenoxy) is 2. The van der Waals surface area contributed by atoms with Gasteiger partial charge in [-0.15, -0.1) is 0 Å². The third-order valence-corrected chi connectivity index (χ3v) is 6.17. The molecule has 0 aliphatic rings. The van der Waals surface area contributed by atoms with Crippen LogP contribution in [0.4, 0.5) is 11.4 Å². The van der Waals surface area contributed by atoms with E-state index in [1.165, 1.54) is 28.9 Å². The van der Waals surface area contributed by atoms with E-state index < -0.39 is 10.8 Å². The fraction of sp³-hybridized carbons (Fsp3) is 0.185. The number of halogens is 1. The van der Waals surface area contributed by atoms with Gasteiger partial charge in [0.05, 0.1) is 16.7 Å². The summed E-state index contributed by atoms with van der Waals surface area (Å²) in [6, 6.07) is 15.0. The van der Waals surface area contributed by atoms with Crippen molar-refractivity contribution in [3.05, 3.63) is 104 Å². The Balaban J connectivity index is 1.48. The van der Waals surface area contributed by atoms with Crippen molar-refractivity contribution in [3.63, 3.8) is 0 Å². The summed E-state index contributed by atoms with van der Waals surface area (Å²) in [5, 5.41) is 19.1. The van der Waals surface area contributed by atoms with Crippen molar-refractivity contribution in [1.29, 1.82) is 0 Å². The minimum atomic E-state index is -0.544. The first-order chi connectivity index (χ1) is 17.6. The molecule has 0 saturated carbocycles. The van der Waals surface area contributed by atoms with Gasteiger partial charge in [-0.2, -0.15) is 5.10 Å². The highest BCUT2D eigenvalue weighted by molar-refractivity contribution is 6.32. The molecule has 9 nitrogen and oxygen atoms in total. The number of aryl methyl sites for hydroxylation is 4. The van der Waals surface area contributed by atoms with Crippen LogP contribution in [0.1, 0.15) is 32.7 Å². The largest absolute Gasteiger partial charge is 0.471 e. The summed E-state index contributed by atoms with van der Waals surface area (Å²) in [6.07, 6.45) is 1.60. The Morgan fingerprint density at radius 3 is 2.43 bits per heavy atom. The second-order valence-corrected chi connectivity index (χ2v) is 9.06. The van der Waals surface area contributed by atoms with Crippen molar-refractivity contribution in [2.45, 2.75) is 34.4 Å². The lowest BCUT2D eigenvalue weighted by molar-refractivity contribution is -0.384. The number of hydrogen-bond acceptors (Lipinski definition) is 6. The van der Waals surface area contributed by atoms with Crippen LogP contribution < -0.4 is 14.8 Å². The molecule has 4 rings (SSSR count). The Bertz CT molecular complexity index is 1480. The lowest BCUT2D eigenvalue weighted by Gasteiger charge is -2.11. The van der Waals surface area contributed by atoms with E-state index in [0.717, 1.165) is 22.3 Å². The van der Waals surface area contributed by atoms with E-state index >= 15 is 0 Å². The standard InChI is InChI=1S/C27H25ClN4O5/c1-16-5-6-17(2)25(9-16)37-23-13-20(12-21(14-23)32(34)35)29-27(33)24-7-8-31(30-24)15-36-22-10-18(3)26(28)19(4)11-22/h5-14H,15H2,1-4H3,(H,29,33). The highest BCUT2D eigenvalue weighted by Gasteiger charge is 2.16. The van der Waals surface area contributed by atoms with Crippen molar-refractivity contribution in [3.8, 4) is 17.2 Å². The molecule has 1 amide bonds. The average molecular weight is 521 g/mol. The van der Waals surface area contributed by atoms with E-state index in [0.29, 0.717) is 16.5 Å². The van der Waals surface area contributed by atoms with Crippen molar-refractivity contribution in [2.24, 2.45) is 0 Å². The van der Waals surface area contributed by atoms with Crippen LogP contribution in [-0.2, 0) is 6.73 Å². The number of nitrogens with one attached hydrogen (secondary N) is 1. The van der Waals surface area contributed by atoms with Gasteiger partial charge in [0.1, 0.15) is 17.2 Å². The number of carbonyl (C=O) groups is 1. The lowest BCUT2D eigenvalue weighted by atomic mass is 10.1. The van der Waals surface area contributed by atoms with Crippen LogP contribution in [-0.4, -0.2) is 20.6 Å². The van der Waals surface area contributed by atoms with E-state index in [2.05, 4.69) is 10.4 Å². The predicted molar refractivity (Wildman–Crippen MR) is 141 cm³/mol. The van der Waals surface area contributed by atoms with Gasteiger partial charge in [-0.05, 0) is 74.2 Å². The molecule has 1 N–H and O–H groups in total. The first-order valence-electron chi connectivity index (χ1n) is 11.4. The van der Waals surface area contributed by atoms with Crippen LogP contribution in [0.15, 0.2) is 60.8 Å². The fourth-order valence-electron chi connectivity index (χ4n) is 3.64. The Kier molecular flexibility index (Phi) is 7.45. The van der Waals surface area contributed by atoms with Crippen LogP contribution in [0, 0.1) is 37.8 Å². The van der Waals surface area contributed by atoms with Gasteiger partial charge >= 0.3 is 0 Å². The molecular formula is C27H25ClN4O5. The zero-order chi connectivity index (χ0) is 26.7. The molecule has 0 fully saturated rings. The van der Waals surface area contributed by atoms with Gasteiger partial charge in [-0.25, -0.2) is 4.68 Å². The molecule has 0 aliphatic heterocycles. The number of non-ortho nitro benzene ring substituents is 1. The quantitative estimate of drug-likeness (QED) is 0.203. The lowest BCUT2D eigenvalue weighted by Crippen LogP contribution is -2.14. The van der Waals surface area contributed by atoms with Gasteiger partial charge in [-0.3, -0.25) is 14.9 Å². The molecule has 10 heteroatoms. The maximum Gasteiger partial charge on any atom is 0.276 e. The number of nitro benzene ring substituents is 1. The van der Waals surface area contributed by atoms with Gasteiger partial charge in [-0.1, -0.05) is 23.7 Å². The van der Waals surface area contributed by atoms with E-state index in [9.17, 15) is 14.9 Å². The van der Waals surface area contributed by atoms with Crippen LogP contribution in [0.5, 0.6) is 17.2 Å². The summed E-state index contributed by atoms with van der Waals surface area (Å²) in [5.41, 5.74) is 3.77. The summed E-state index contributed by atoms with van der Waals surface area (Å²) in [7, 11) is 0. The van der Waals surface area contributed by atoms with Gasteiger partial charge in [0.2, 0.25) is 0 Å². The van der Waals surface area contributed by atoms with Crippen LogP contribution in [0.3, 0.4) is 0 Å². The Morgan fingerprint density at radius 1 is 1.00 bits per heavy atom. The van der Waals surface area contributed by atoms with E-state index in [-0.39, 0.29) is 29.5 Å². The highest BCUT2D eigenvalue weighted by atomic mass is 35.5. The number of amides is 1. The molecule has 0 unspecified atom stereocenters. The van der Waals surface area contributed by atoms with Crippen LogP contribution >= 0.6 is 11.6 Å². The molecule has 1 heterocycles. The number of anilines is 1. The van der Waals surface area contributed by atoms with Crippen LogP contribution in [0.2, 0.25) is 5.02 Å². The van der Waals surface area contributed by atoms with Crippen molar-refractivity contribution >= 4 is 28.9 Å². The van der Waals surface area contributed by atoms with Gasteiger partial charge in [0.15, 0.2) is 12.4 Å². The normalized spacial score (nSPS) is 10.7. The van der Waals surface area contributed by atoms with Crippen molar-refractivity contribution in [1.82, 2.24) is 9.78 Å². The van der Waals surface area contributed by atoms with E-state index in [4.69, 9.17) is 21.1 Å². The molecule has 0 bridgehead atoms. The summed E-state index contributed by atoms with van der Waals surface area (Å²) in [4.78, 5) is 23.8. The third kappa shape index (κ3) is 6.25. The summed E-state index contributed by atoms with van der Waals surface area (Å²) in [5.74, 6) is 0.900. The number of rotatable bonds is 8. The van der Waals surface area contributed by atoms with Gasteiger partial charge in [0, 0.05) is 23.4 Å². The number of nitrogens with zero attached hydrogens (tertiary/aromatic N) is 3. The van der Waals surface area contributed by atoms with Crippen LogP contribution in [0.25, 0.3) is 0 Å². The highest BCUT2D eigenvalue weighted by Crippen LogP contribution is 2.32. The first-order valence-corrected chi connectivity index (χ1v) is 11.8. The minimum Gasteiger partial charge on any atom is -0.471 e. The van der Waals surface area contributed by atoms with E-state index in [1.807, 2.05) is 58.0 Å². The second kappa shape index (κ2) is 10.7. The average Bonchev–Trinajstić information content (AvgIpc) is 3.32. The number of benzene rings is 3. The van der Waals surface area contributed by atoms with Gasteiger partial charge in [0.25, 0.3) is 11.6 Å². The number of hydrogen-bond donors (Lipinski definition) is 1. The van der Waals surface area contributed by atoms with Crippen molar-refractivity contribution in [2.75, 3.05) is 5.32 Å². The summed E-state index contributed by atoms with van der Waals surface area (Å²) in [6.45, 7) is 7.67. The summed E-state index contributed by atoms with van der Waals surface area (Å²) >= 11 is 6.20. The molecule has 0 spiro atoms. The molecular weight excluding hydrogens is 496 g/mol. The smallest absolute Gasteiger partial charge is 0.276 e. The number of nitro groups is 1. The molecule has 0 atom stereocenters. The molecule has 0 radical (unpaired) electrons. The first kappa shape index (κ1) is 25.7. The Hall–Kier alpha value is -4.37. The second-order valence-electron chi connectivity index (χ2n) is 8.68. The Labute approximate surface area is 218 Å². The molecule has 4 aromatic rings. The third-order valence-electron chi connectivity index (χ3n) is 5.58. The SMILES string of the molecule is Cc1ccc(C)c(Oc2cc(NC(=O)c3ccn(COc4cc(C)c(Cl)c(C)c4)n3)cc([N+](=O)[O-])c2)c1. The number of carbonyl (C=O) groups excluding carboxylic acids is 1. The number of aromatic nitrogens is 2. The molecule has 3 aromatic carbocycles. The minimum absolute atomic E-state index is 0.0818. The maximum absolute atomic E-state index is 12.8. The molecule has 190 valence electrons. The topological polar surface area (TPSA) is 109 Å². The molecule has 0 saturated heterocycles. The molecule has 1 aromatic heterocycles. The molecule has 37 heavy (non-hydrogen) atoms. The predicted octanol–water partition coefficient (Wildman–Crippen LogP) is 6.76. The Morgan fingerprint density at radius 2 is 1.73 bits per heavy atom. The fourth-order valence-corrected chi connectivity index (χ4v) is 3.75.